The van der Waals surface area contributed by atoms with Crippen molar-refractivity contribution in [3.8, 4) is 0 Å². The summed E-state index contributed by atoms with van der Waals surface area (Å²) in [5.41, 5.74) is 7.21. The van der Waals surface area contributed by atoms with Crippen molar-refractivity contribution in [1.29, 1.82) is 0 Å². The molecule has 1 saturated carbocycles. The summed E-state index contributed by atoms with van der Waals surface area (Å²) in [5, 5.41) is 0. The normalized spacial score (nSPS) is 25.8. The van der Waals surface area contributed by atoms with Crippen LogP contribution < -0.4 is 5.73 Å². The van der Waals surface area contributed by atoms with Gasteiger partial charge in [0.2, 0.25) is 0 Å². The second-order valence-corrected chi connectivity index (χ2v) is 5.64. The highest BCUT2D eigenvalue weighted by molar-refractivity contribution is 5.10. The van der Waals surface area contributed by atoms with E-state index in [1.165, 1.54) is 12.1 Å². The summed E-state index contributed by atoms with van der Waals surface area (Å²) < 4.78 is 7.79. The number of methoxy groups -OCH3 is 1. The molecule has 3 atom stereocenters. The number of nitrogens with two attached hydrogens (primary N) is 1. The van der Waals surface area contributed by atoms with Crippen molar-refractivity contribution < 1.29 is 4.74 Å². The Bertz CT molecular complexity index is 375. The minimum atomic E-state index is 0.397. The monoisotopic (exact) mass is 251 g/mol. The molecule has 1 aliphatic rings. The molecule has 1 aliphatic carbocycles. The largest absolute Gasteiger partial charge is 0.381 e. The molecule has 1 aromatic heterocycles. The fourth-order valence-electron chi connectivity index (χ4n) is 3.03. The van der Waals surface area contributed by atoms with Gasteiger partial charge in [-0.3, -0.25) is 0 Å². The van der Waals surface area contributed by atoms with Crippen LogP contribution in [0.3, 0.4) is 0 Å². The van der Waals surface area contributed by atoms with Crippen LogP contribution in [0.15, 0.2) is 12.5 Å². The summed E-state index contributed by atoms with van der Waals surface area (Å²) in [7, 11) is 1.80. The van der Waals surface area contributed by atoms with E-state index in [4.69, 9.17) is 10.5 Å². The Labute approximate surface area is 110 Å². The topological polar surface area (TPSA) is 53.1 Å². The van der Waals surface area contributed by atoms with E-state index in [1.54, 1.807) is 7.11 Å². The number of nitrogens with zero attached hydrogens (tertiary/aromatic N) is 2. The second-order valence-electron chi connectivity index (χ2n) is 5.64. The van der Waals surface area contributed by atoms with Crippen molar-refractivity contribution in [2.24, 2.45) is 11.7 Å². The zero-order valence-electron chi connectivity index (χ0n) is 11.7. The molecular formula is C14H25N3O. The van der Waals surface area contributed by atoms with E-state index >= 15 is 0 Å². The number of aromatic nitrogens is 2. The highest BCUT2D eigenvalue weighted by Crippen LogP contribution is 2.35. The molecule has 1 heterocycles. The summed E-state index contributed by atoms with van der Waals surface area (Å²) in [6.45, 7) is 5.13. The van der Waals surface area contributed by atoms with Gasteiger partial charge in [-0.1, -0.05) is 13.8 Å². The van der Waals surface area contributed by atoms with E-state index in [-0.39, 0.29) is 0 Å². The molecule has 18 heavy (non-hydrogen) atoms. The smallest absolute Gasteiger partial charge is 0.0950 e. The third-order valence-corrected chi connectivity index (χ3v) is 4.22. The first-order valence-electron chi connectivity index (χ1n) is 6.92. The third-order valence-electron chi connectivity index (χ3n) is 4.22. The van der Waals surface area contributed by atoms with Crippen molar-refractivity contribution in [2.45, 2.75) is 51.2 Å². The van der Waals surface area contributed by atoms with Crippen molar-refractivity contribution >= 4 is 0 Å². The lowest BCUT2D eigenvalue weighted by molar-refractivity contribution is 0.105. The molecular weight excluding hydrogens is 226 g/mol. The van der Waals surface area contributed by atoms with Gasteiger partial charge in [-0.05, 0) is 25.2 Å². The fourth-order valence-corrected chi connectivity index (χ4v) is 3.03. The lowest BCUT2D eigenvalue weighted by Gasteiger charge is -2.23. The molecule has 1 aromatic rings. The summed E-state index contributed by atoms with van der Waals surface area (Å²) in [4.78, 5) is 4.34. The molecule has 4 nitrogen and oxygen atoms in total. The highest BCUT2D eigenvalue weighted by atomic mass is 16.5. The molecule has 0 saturated heterocycles. The second kappa shape index (κ2) is 5.85. The van der Waals surface area contributed by atoms with Crippen LogP contribution in [-0.4, -0.2) is 29.3 Å². The van der Waals surface area contributed by atoms with Crippen LogP contribution in [0.5, 0.6) is 0 Å². The Kier molecular flexibility index (Phi) is 4.40. The van der Waals surface area contributed by atoms with Gasteiger partial charge in [0.15, 0.2) is 0 Å². The van der Waals surface area contributed by atoms with Crippen LogP contribution in [0.2, 0.25) is 0 Å². The van der Waals surface area contributed by atoms with Crippen LogP contribution in [0, 0.1) is 5.92 Å². The fraction of sp³-hybridized carbons (Fsp3) is 0.786. The zero-order valence-corrected chi connectivity index (χ0v) is 11.7. The predicted octanol–water partition coefficient (Wildman–Crippen LogP) is 2.32. The molecule has 2 rings (SSSR count). The van der Waals surface area contributed by atoms with Gasteiger partial charge in [-0.25, -0.2) is 4.98 Å². The first kappa shape index (κ1) is 13.6. The van der Waals surface area contributed by atoms with Crippen LogP contribution >= 0.6 is 0 Å². The zero-order chi connectivity index (χ0) is 13.1. The number of imidazole rings is 1. The van der Waals surface area contributed by atoms with Crippen molar-refractivity contribution in [3.05, 3.63) is 18.2 Å². The molecule has 0 spiro atoms. The molecule has 0 radical (unpaired) electrons. The van der Waals surface area contributed by atoms with Crippen LogP contribution in [0.4, 0.5) is 0 Å². The summed E-state index contributed by atoms with van der Waals surface area (Å²) in [5.74, 6) is 0.944. The van der Waals surface area contributed by atoms with E-state index in [9.17, 15) is 0 Å². The first-order chi connectivity index (χ1) is 8.67. The summed E-state index contributed by atoms with van der Waals surface area (Å²) in [6, 6.07) is 0.528. The number of hydrogen-bond acceptors (Lipinski definition) is 3. The summed E-state index contributed by atoms with van der Waals surface area (Å²) in [6.07, 6.45) is 7.77. The maximum Gasteiger partial charge on any atom is 0.0950 e. The van der Waals surface area contributed by atoms with E-state index in [0.717, 1.165) is 12.8 Å². The first-order valence-corrected chi connectivity index (χ1v) is 6.92. The maximum atomic E-state index is 5.92. The molecule has 0 bridgehead atoms. The molecule has 1 fully saturated rings. The molecule has 0 aromatic carbocycles. The van der Waals surface area contributed by atoms with Crippen molar-refractivity contribution in [1.82, 2.24) is 9.55 Å². The molecule has 3 unspecified atom stereocenters. The van der Waals surface area contributed by atoms with Gasteiger partial charge in [0.1, 0.15) is 0 Å². The molecule has 4 heteroatoms. The van der Waals surface area contributed by atoms with Gasteiger partial charge >= 0.3 is 0 Å². The average Bonchev–Trinajstić information content (AvgIpc) is 2.96. The quantitative estimate of drug-likeness (QED) is 0.873. The predicted molar refractivity (Wildman–Crippen MR) is 72.5 cm³/mol. The lowest BCUT2D eigenvalue weighted by atomic mass is 9.92. The number of hydrogen-bond donors (Lipinski definition) is 1. The van der Waals surface area contributed by atoms with Crippen LogP contribution in [0.1, 0.15) is 50.8 Å². The molecule has 0 aliphatic heterocycles. The molecule has 0 amide bonds. The van der Waals surface area contributed by atoms with E-state index in [1.807, 2.05) is 12.5 Å². The maximum absolute atomic E-state index is 5.92. The van der Waals surface area contributed by atoms with Crippen LogP contribution in [0.25, 0.3) is 0 Å². The van der Waals surface area contributed by atoms with Gasteiger partial charge in [0.25, 0.3) is 0 Å². The van der Waals surface area contributed by atoms with Crippen molar-refractivity contribution in [3.63, 3.8) is 0 Å². The van der Waals surface area contributed by atoms with E-state index in [0.29, 0.717) is 30.5 Å². The number of ether oxygens (including phenoxy) is 1. The minimum Gasteiger partial charge on any atom is -0.381 e. The van der Waals surface area contributed by atoms with Crippen molar-refractivity contribution in [2.75, 3.05) is 13.7 Å². The van der Waals surface area contributed by atoms with Gasteiger partial charge in [0.05, 0.1) is 12.4 Å². The molecule has 102 valence electrons. The number of rotatable bonds is 5. The Morgan fingerprint density at radius 3 is 2.83 bits per heavy atom. The van der Waals surface area contributed by atoms with Gasteiger partial charge < -0.3 is 15.0 Å². The SMILES string of the molecule is COC1CCC(n2cncc2C(CN)C(C)C)C1. The van der Waals surface area contributed by atoms with Gasteiger partial charge in [0, 0.05) is 37.5 Å². The standard InChI is InChI=1S/C14H25N3O/c1-10(2)13(7-15)14-8-16-9-17(14)11-4-5-12(6-11)18-3/h8-13H,4-7,15H2,1-3H3. The highest BCUT2D eigenvalue weighted by Gasteiger charge is 2.29. The Morgan fingerprint density at radius 2 is 2.28 bits per heavy atom. The van der Waals surface area contributed by atoms with Crippen LogP contribution in [-0.2, 0) is 4.74 Å². The van der Waals surface area contributed by atoms with Gasteiger partial charge in [-0.2, -0.15) is 0 Å². The van der Waals surface area contributed by atoms with E-state index < -0.39 is 0 Å². The van der Waals surface area contributed by atoms with Gasteiger partial charge in [-0.15, -0.1) is 0 Å². The Hall–Kier alpha value is -0.870. The summed E-state index contributed by atoms with van der Waals surface area (Å²) >= 11 is 0. The Balaban J connectivity index is 2.17. The Morgan fingerprint density at radius 1 is 1.50 bits per heavy atom. The third kappa shape index (κ3) is 2.59. The lowest BCUT2D eigenvalue weighted by Crippen LogP contribution is -2.22. The van der Waals surface area contributed by atoms with E-state index in [2.05, 4.69) is 23.4 Å². The minimum absolute atomic E-state index is 0.397. The molecule has 2 N–H and O–H groups in total. The average molecular weight is 251 g/mol.